The maximum Gasteiger partial charge on any atom is 0.254 e. The highest BCUT2D eigenvalue weighted by atomic mass is 32.2. The second kappa shape index (κ2) is 6.42. The van der Waals surface area contributed by atoms with Gasteiger partial charge < -0.3 is 14.4 Å². The molecule has 8 heteroatoms. The van der Waals surface area contributed by atoms with Crippen LogP contribution in [0.5, 0.6) is 11.5 Å². The maximum absolute atomic E-state index is 13.1. The van der Waals surface area contributed by atoms with Gasteiger partial charge in [-0.25, -0.2) is 8.42 Å². The summed E-state index contributed by atoms with van der Waals surface area (Å²) in [5.41, 5.74) is 0.509. The quantitative estimate of drug-likeness (QED) is 0.779. The number of benzene rings is 1. The third-order valence-corrected chi connectivity index (χ3v) is 6.97. The molecule has 4 rings (SSSR count). The minimum absolute atomic E-state index is 0.0442. The van der Waals surface area contributed by atoms with Crippen molar-refractivity contribution in [1.82, 2.24) is 9.80 Å². The maximum atomic E-state index is 13.1. The largest absolute Gasteiger partial charge is 0.454 e. The Labute approximate surface area is 153 Å². The number of carbonyl (C=O) groups is 1. The number of amides is 1. The molecule has 2 fully saturated rings. The number of nitrogens with zero attached hydrogens (tertiary/aromatic N) is 2. The SMILES string of the molecule is CC(C)CN1CCN(C(=O)c2ccc3c(c2)OCO3)[C@H]2CS(=O)(=O)C[C@H]21. The van der Waals surface area contributed by atoms with Gasteiger partial charge in [0.2, 0.25) is 6.79 Å². The molecule has 0 aromatic heterocycles. The molecule has 1 aromatic rings. The Balaban J connectivity index is 1.59. The first kappa shape index (κ1) is 17.6. The van der Waals surface area contributed by atoms with Crippen molar-refractivity contribution in [1.29, 1.82) is 0 Å². The lowest BCUT2D eigenvalue weighted by Crippen LogP contribution is -2.61. The van der Waals surface area contributed by atoms with Gasteiger partial charge in [0.25, 0.3) is 5.91 Å². The van der Waals surface area contributed by atoms with Gasteiger partial charge in [0.1, 0.15) is 0 Å². The number of ether oxygens (including phenoxy) is 2. The van der Waals surface area contributed by atoms with Crippen LogP contribution in [0.3, 0.4) is 0 Å². The zero-order valence-electron chi connectivity index (χ0n) is 15.1. The zero-order chi connectivity index (χ0) is 18.5. The summed E-state index contributed by atoms with van der Waals surface area (Å²) in [7, 11) is -3.14. The third kappa shape index (κ3) is 3.16. The summed E-state index contributed by atoms with van der Waals surface area (Å²) in [5.74, 6) is 1.68. The highest BCUT2D eigenvalue weighted by Gasteiger charge is 2.48. The minimum Gasteiger partial charge on any atom is -0.454 e. The van der Waals surface area contributed by atoms with Crippen molar-refractivity contribution in [2.24, 2.45) is 5.92 Å². The molecule has 3 aliphatic rings. The van der Waals surface area contributed by atoms with Crippen LogP contribution in [0.15, 0.2) is 18.2 Å². The van der Waals surface area contributed by atoms with Crippen LogP contribution in [-0.4, -0.2) is 74.1 Å². The van der Waals surface area contributed by atoms with Gasteiger partial charge >= 0.3 is 0 Å². The molecule has 26 heavy (non-hydrogen) atoms. The molecule has 142 valence electrons. The van der Waals surface area contributed by atoms with Gasteiger partial charge in [0, 0.05) is 31.2 Å². The fourth-order valence-corrected chi connectivity index (χ4v) is 6.18. The molecular weight excluding hydrogens is 356 g/mol. The zero-order valence-corrected chi connectivity index (χ0v) is 15.9. The Kier molecular flexibility index (Phi) is 4.35. The fraction of sp³-hybridized carbons (Fsp3) is 0.611. The average molecular weight is 380 g/mol. The van der Waals surface area contributed by atoms with Crippen LogP contribution >= 0.6 is 0 Å². The Bertz CT molecular complexity index is 823. The van der Waals surface area contributed by atoms with E-state index in [1.54, 1.807) is 23.1 Å². The van der Waals surface area contributed by atoms with Crippen molar-refractivity contribution in [3.05, 3.63) is 23.8 Å². The summed E-state index contributed by atoms with van der Waals surface area (Å²) in [6.45, 7) is 6.50. The highest BCUT2D eigenvalue weighted by molar-refractivity contribution is 7.91. The lowest BCUT2D eigenvalue weighted by molar-refractivity contribution is 0.0297. The molecule has 1 amide bonds. The summed E-state index contributed by atoms with van der Waals surface area (Å²) in [6.07, 6.45) is 0. The summed E-state index contributed by atoms with van der Waals surface area (Å²) in [5, 5.41) is 0. The van der Waals surface area contributed by atoms with E-state index < -0.39 is 9.84 Å². The first-order chi connectivity index (χ1) is 12.3. The van der Waals surface area contributed by atoms with E-state index in [2.05, 4.69) is 18.7 Å². The molecule has 0 saturated carbocycles. The van der Waals surface area contributed by atoms with Gasteiger partial charge in [0.05, 0.1) is 17.5 Å². The van der Waals surface area contributed by atoms with E-state index in [0.29, 0.717) is 36.1 Å². The molecule has 0 N–H and O–H groups in total. The van der Waals surface area contributed by atoms with E-state index in [-0.39, 0.29) is 36.3 Å². The summed E-state index contributed by atoms with van der Waals surface area (Å²) < 4.78 is 35.2. The van der Waals surface area contributed by atoms with Crippen LogP contribution in [0.1, 0.15) is 24.2 Å². The summed E-state index contributed by atoms with van der Waals surface area (Å²) in [4.78, 5) is 17.1. The Morgan fingerprint density at radius 1 is 1.15 bits per heavy atom. The molecule has 0 aliphatic carbocycles. The molecule has 3 aliphatic heterocycles. The van der Waals surface area contributed by atoms with Crippen LogP contribution in [-0.2, 0) is 9.84 Å². The third-order valence-electron chi connectivity index (χ3n) is 5.27. The van der Waals surface area contributed by atoms with Crippen LogP contribution in [0.25, 0.3) is 0 Å². The first-order valence-corrected chi connectivity index (χ1v) is 10.8. The molecule has 7 nitrogen and oxygen atoms in total. The smallest absolute Gasteiger partial charge is 0.254 e. The molecule has 0 unspecified atom stereocenters. The Morgan fingerprint density at radius 3 is 2.65 bits per heavy atom. The van der Waals surface area contributed by atoms with E-state index in [9.17, 15) is 13.2 Å². The Hall–Kier alpha value is -1.80. The molecule has 2 atom stereocenters. The number of carbonyl (C=O) groups excluding carboxylic acids is 1. The molecule has 3 heterocycles. The number of fused-ring (bicyclic) bond motifs is 2. The van der Waals surface area contributed by atoms with Gasteiger partial charge in [-0.05, 0) is 24.1 Å². The van der Waals surface area contributed by atoms with Crippen LogP contribution < -0.4 is 9.47 Å². The normalized spacial score (nSPS) is 27.0. The van der Waals surface area contributed by atoms with Gasteiger partial charge in [-0.15, -0.1) is 0 Å². The summed E-state index contributed by atoms with van der Waals surface area (Å²) in [6, 6.07) is 4.73. The lowest BCUT2D eigenvalue weighted by atomic mass is 10.0. The van der Waals surface area contributed by atoms with Crippen molar-refractivity contribution < 1.29 is 22.7 Å². The number of hydrogen-bond acceptors (Lipinski definition) is 6. The van der Waals surface area contributed by atoms with Crippen LogP contribution in [0.2, 0.25) is 0 Å². The average Bonchev–Trinajstić information content (AvgIpc) is 3.16. The van der Waals surface area contributed by atoms with E-state index >= 15 is 0 Å². The number of sulfone groups is 1. The number of piperazine rings is 1. The molecule has 0 spiro atoms. The van der Waals surface area contributed by atoms with E-state index in [1.807, 2.05) is 0 Å². The van der Waals surface area contributed by atoms with Gasteiger partial charge in [-0.3, -0.25) is 9.69 Å². The standard InChI is InChI=1S/C18H24N2O5S/c1-12(2)8-19-5-6-20(15-10-26(22,23)9-14(15)19)18(21)13-3-4-16-17(7-13)25-11-24-16/h3-4,7,12,14-15H,5-6,8-11H2,1-2H3/t14-,15+/m1/s1. The van der Waals surface area contributed by atoms with Crippen LogP contribution in [0.4, 0.5) is 0 Å². The predicted octanol–water partition coefficient (Wildman–Crippen LogP) is 0.995. The molecule has 2 saturated heterocycles. The van der Waals surface area contributed by atoms with Crippen molar-refractivity contribution in [2.45, 2.75) is 25.9 Å². The monoisotopic (exact) mass is 380 g/mol. The minimum atomic E-state index is -3.14. The number of hydrogen-bond donors (Lipinski definition) is 0. The van der Waals surface area contributed by atoms with Gasteiger partial charge in [0.15, 0.2) is 21.3 Å². The van der Waals surface area contributed by atoms with Crippen LogP contribution in [0, 0.1) is 5.92 Å². The fourth-order valence-electron chi connectivity index (χ4n) is 4.17. The van der Waals surface area contributed by atoms with Gasteiger partial charge in [-0.1, -0.05) is 13.8 Å². The topological polar surface area (TPSA) is 76.2 Å². The lowest BCUT2D eigenvalue weighted by Gasteiger charge is -2.44. The molecular formula is C18H24N2O5S. The first-order valence-electron chi connectivity index (χ1n) is 8.99. The molecule has 1 aromatic carbocycles. The second-order valence-corrected chi connectivity index (χ2v) is 9.82. The Morgan fingerprint density at radius 2 is 1.88 bits per heavy atom. The predicted molar refractivity (Wildman–Crippen MR) is 96.2 cm³/mol. The van der Waals surface area contributed by atoms with E-state index in [1.165, 1.54) is 0 Å². The highest BCUT2D eigenvalue weighted by Crippen LogP contribution is 2.34. The van der Waals surface area contributed by atoms with Crippen molar-refractivity contribution in [2.75, 3.05) is 37.9 Å². The second-order valence-electron chi connectivity index (χ2n) is 7.67. The van der Waals surface area contributed by atoms with Gasteiger partial charge in [-0.2, -0.15) is 0 Å². The molecule has 0 radical (unpaired) electrons. The van der Waals surface area contributed by atoms with E-state index in [4.69, 9.17) is 9.47 Å². The molecule has 0 bridgehead atoms. The van der Waals surface area contributed by atoms with Crippen molar-refractivity contribution in [3.63, 3.8) is 0 Å². The summed E-state index contributed by atoms with van der Waals surface area (Å²) >= 11 is 0. The number of rotatable bonds is 3. The van der Waals surface area contributed by atoms with E-state index in [0.717, 1.165) is 6.54 Å². The van der Waals surface area contributed by atoms with Crippen molar-refractivity contribution in [3.8, 4) is 11.5 Å². The van der Waals surface area contributed by atoms with Crippen molar-refractivity contribution >= 4 is 15.7 Å².